The van der Waals surface area contributed by atoms with Crippen molar-refractivity contribution >= 4 is 11.4 Å². The summed E-state index contributed by atoms with van der Waals surface area (Å²) in [5, 5.41) is 14.5. The minimum Gasteiger partial charge on any atom is -0.376 e. The van der Waals surface area contributed by atoms with Crippen LogP contribution in [-0.4, -0.2) is 9.91 Å². The van der Waals surface area contributed by atoms with Gasteiger partial charge >= 0.3 is 0 Å². The molecule has 0 spiro atoms. The summed E-state index contributed by atoms with van der Waals surface area (Å²) in [5.41, 5.74) is 4.99. The molecule has 2 aromatic rings. The van der Waals surface area contributed by atoms with Crippen molar-refractivity contribution in [3.05, 3.63) is 63.0 Å². The molecule has 0 bridgehead atoms. The zero-order valence-electron chi connectivity index (χ0n) is 12.1. The zero-order valence-corrected chi connectivity index (χ0v) is 12.1. The van der Waals surface area contributed by atoms with Gasteiger partial charge < -0.3 is 5.32 Å². The molecule has 5 heteroatoms. The van der Waals surface area contributed by atoms with E-state index >= 15 is 0 Å². The summed E-state index contributed by atoms with van der Waals surface area (Å²) in [6.45, 7) is 3.73. The van der Waals surface area contributed by atoms with E-state index in [1.54, 1.807) is 19.2 Å². The lowest BCUT2D eigenvalue weighted by atomic mass is 10.1. The van der Waals surface area contributed by atoms with E-state index in [2.05, 4.69) is 16.4 Å². The smallest absolute Gasteiger partial charge is 0.274 e. The molecule has 1 heterocycles. The number of benzene rings is 1. The molecule has 1 aromatic carbocycles. The maximum atomic E-state index is 11.1. The Morgan fingerprint density at radius 2 is 2.14 bits per heavy atom. The van der Waals surface area contributed by atoms with Gasteiger partial charge in [0, 0.05) is 23.5 Å². The second-order valence-electron chi connectivity index (χ2n) is 5.49. The third-order valence-electron chi connectivity index (χ3n) is 4.03. The number of hydrogen-bond donors (Lipinski definition) is 1. The van der Waals surface area contributed by atoms with Crippen molar-refractivity contribution in [1.82, 2.24) is 4.98 Å². The third-order valence-corrected chi connectivity index (χ3v) is 4.03. The standard InChI is InChI=1S/C16H17N3O2/c1-10-8-11(2)15(19(20)21)9-14(10)18-13-6-5-12-4-3-7-17-16(12)13/h3-4,7-9,13,18H,5-6H2,1-2H3. The Kier molecular flexibility index (Phi) is 3.33. The Morgan fingerprint density at radius 1 is 1.33 bits per heavy atom. The highest BCUT2D eigenvalue weighted by Crippen LogP contribution is 2.34. The van der Waals surface area contributed by atoms with Crippen molar-refractivity contribution in [2.45, 2.75) is 32.7 Å². The fraction of sp³-hybridized carbons (Fsp3) is 0.312. The van der Waals surface area contributed by atoms with Gasteiger partial charge in [0.25, 0.3) is 5.69 Å². The predicted octanol–water partition coefficient (Wildman–Crippen LogP) is 3.71. The largest absolute Gasteiger partial charge is 0.376 e. The van der Waals surface area contributed by atoms with Crippen LogP contribution in [0.2, 0.25) is 0 Å². The van der Waals surface area contributed by atoms with Gasteiger partial charge in [-0.25, -0.2) is 0 Å². The predicted molar refractivity (Wildman–Crippen MR) is 81.5 cm³/mol. The van der Waals surface area contributed by atoms with Gasteiger partial charge in [0.05, 0.1) is 16.7 Å². The summed E-state index contributed by atoms with van der Waals surface area (Å²) < 4.78 is 0. The van der Waals surface area contributed by atoms with Crippen LogP contribution in [0.1, 0.15) is 34.8 Å². The van der Waals surface area contributed by atoms with Crippen molar-refractivity contribution in [3.8, 4) is 0 Å². The first-order valence-corrected chi connectivity index (χ1v) is 7.02. The Morgan fingerprint density at radius 3 is 2.90 bits per heavy atom. The van der Waals surface area contributed by atoms with Crippen LogP contribution in [-0.2, 0) is 6.42 Å². The average molecular weight is 283 g/mol. The summed E-state index contributed by atoms with van der Waals surface area (Å²) in [6.07, 6.45) is 3.75. The number of nitrogens with zero attached hydrogens (tertiary/aromatic N) is 2. The van der Waals surface area contributed by atoms with Gasteiger partial charge in [-0.2, -0.15) is 0 Å². The van der Waals surface area contributed by atoms with E-state index in [0.717, 1.165) is 29.8 Å². The number of hydrogen-bond acceptors (Lipinski definition) is 4. The molecule has 1 N–H and O–H groups in total. The van der Waals surface area contributed by atoms with Crippen LogP contribution in [0.3, 0.4) is 0 Å². The Balaban J connectivity index is 1.93. The highest BCUT2D eigenvalue weighted by Gasteiger charge is 2.24. The highest BCUT2D eigenvalue weighted by atomic mass is 16.6. The van der Waals surface area contributed by atoms with Crippen LogP contribution in [0.25, 0.3) is 0 Å². The maximum absolute atomic E-state index is 11.1. The third kappa shape index (κ3) is 2.46. The summed E-state index contributed by atoms with van der Waals surface area (Å²) in [5.74, 6) is 0. The lowest BCUT2D eigenvalue weighted by Gasteiger charge is -2.17. The van der Waals surface area contributed by atoms with Gasteiger partial charge in [0.2, 0.25) is 0 Å². The lowest BCUT2D eigenvalue weighted by Crippen LogP contribution is -2.10. The van der Waals surface area contributed by atoms with E-state index in [4.69, 9.17) is 0 Å². The van der Waals surface area contributed by atoms with Crippen LogP contribution < -0.4 is 5.32 Å². The van der Waals surface area contributed by atoms with Crippen LogP contribution in [0.5, 0.6) is 0 Å². The maximum Gasteiger partial charge on any atom is 0.274 e. The van der Waals surface area contributed by atoms with Crippen LogP contribution in [0.15, 0.2) is 30.5 Å². The number of aromatic nitrogens is 1. The number of anilines is 1. The molecule has 0 saturated carbocycles. The van der Waals surface area contributed by atoms with Crippen molar-refractivity contribution in [3.63, 3.8) is 0 Å². The first-order chi connectivity index (χ1) is 10.1. The van der Waals surface area contributed by atoms with Gasteiger partial charge in [-0.1, -0.05) is 6.07 Å². The molecule has 0 radical (unpaired) electrons. The number of rotatable bonds is 3. The van der Waals surface area contributed by atoms with E-state index in [9.17, 15) is 10.1 Å². The topological polar surface area (TPSA) is 68.1 Å². The van der Waals surface area contributed by atoms with E-state index in [1.165, 1.54) is 5.56 Å². The molecule has 1 atom stereocenters. The van der Waals surface area contributed by atoms with Crippen molar-refractivity contribution in [2.24, 2.45) is 0 Å². The molecule has 108 valence electrons. The van der Waals surface area contributed by atoms with E-state index in [0.29, 0.717) is 5.56 Å². The molecule has 1 aliphatic carbocycles. The van der Waals surface area contributed by atoms with E-state index in [1.807, 2.05) is 19.1 Å². The van der Waals surface area contributed by atoms with Gasteiger partial charge in [0.1, 0.15) is 0 Å². The van der Waals surface area contributed by atoms with Crippen LogP contribution >= 0.6 is 0 Å². The molecule has 5 nitrogen and oxygen atoms in total. The highest BCUT2D eigenvalue weighted by molar-refractivity contribution is 5.61. The molecular formula is C16H17N3O2. The van der Waals surface area contributed by atoms with Crippen LogP contribution in [0.4, 0.5) is 11.4 Å². The van der Waals surface area contributed by atoms with Gasteiger partial charge in [-0.05, 0) is 49.9 Å². The number of aryl methyl sites for hydroxylation is 3. The second kappa shape index (κ2) is 5.16. The van der Waals surface area contributed by atoms with Crippen molar-refractivity contribution < 1.29 is 4.92 Å². The van der Waals surface area contributed by atoms with E-state index in [-0.39, 0.29) is 16.7 Å². The normalized spacial score (nSPS) is 16.6. The quantitative estimate of drug-likeness (QED) is 0.688. The minimum absolute atomic E-state index is 0.127. The number of nitro benzene ring substituents is 1. The first-order valence-electron chi connectivity index (χ1n) is 7.02. The molecule has 0 amide bonds. The molecule has 1 aromatic heterocycles. The van der Waals surface area contributed by atoms with Crippen LogP contribution in [0, 0.1) is 24.0 Å². The van der Waals surface area contributed by atoms with Crippen molar-refractivity contribution in [2.75, 3.05) is 5.32 Å². The van der Waals surface area contributed by atoms with Gasteiger partial charge in [-0.3, -0.25) is 15.1 Å². The minimum atomic E-state index is -0.333. The first kappa shape index (κ1) is 13.5. The Labute approximate surface area is 123 Å². The summed E-state index contributed by atoms with van der Waals surface area (Å²) >= 11 is 0. The summed E-state index contributed by atoms with van der Waals surface area (Å²) in [4.78, 5) is 15.2. The monoisotopic (exact) mass is 283 g/mol. The number of nitrogens with one attached hydrogen (secondary N) is 1. The number of pyridine rings is 1. The molecule has 3 rings (SSSR count). The number of nitro groups is 1. The van der Waals surface area contributed by atoms with Gasteiger partial charge in [0.15, 0.2) is 0 Å². The summed E-state index contributed by atoms with van der Waals surface area (Å²) in [6, 6.07) is 7.65. The number of fused-ring (bicyclic) bond motifs is 1. The fourth-order valence-corrected chi connectivity index (χ4v) is 2.93. The molecule has 0 fully saturated rings. The zero-order chi connectivity index (χ0) is 15.0. The molecule has 0 saturated heterocycles. The lowest BCUT2D eigenvalue weighted by molar-refractivity contribution is -0.385. The molecule has 1 aliphatic rings. The molecular weight excluding hydrogens is 266 g/mol. The Hall–Kier alpha value is -2.43. The van der Waals surface area contributed by atoms with Gasteiger partial charge in [-0.15, -0.1) is 0 Å². The average Bonchev–Trinajstić information content (AvgIpc) is 2.85. The summed E-state index contributed by atoms with van der Waals surface area (Å²) in [7, 11) is 0. The molecule has 1 unspecified atom stereocenters. The fourth-order valence-electron chi connectivity index (χ4n) is 2.93. The Bertz CT molecular complexity index is 713. The second-order valence-corrected chi connectivity index (χ2v) is 5.49. The molecule has 21 heavy (non-hydrogen) atoms. The van der Waals surface area contributed by atoms with Crippen molar-refractivity contribution in [1.29, 1.82) is 0 Å². The molecule has 0 aliphatic heterocycles. The SMILES string of the molecule is Cc1cc(C)c([N+](=O)[O-])cc1NC1CCc2cccnc21. The van der Waals surface area contributed by atoms with E-state index < -0.39 is 0 Å².